The van der Waals surface area contributed by atoms with Gasteiger partial charge in [0.1, 0.15) is 0 Å². The molecule has 6 heteroatoms. The van der Waals surface area contributed by atoms with Crippen LogP contribution in [0.1, 0.15) is 15.9 Å². The van der Waals surface area contributed by atoms with Crippen molar-refractivity contribution in [2.75, 3.05) is 17.3 Å². The lowest BCUT2D eigenvalue weighted by Crippen LogP contribution is -2.23. The van der Waals surface area contributed by atoms with Crippen molar-refractivity contribution in [3.63, 3.8) is 0 Å². The molecule has 2 N–H and O–H groups in total. The summed E-state index contributed by atoms with van der Waals surface area (Å²) in [5, 5.41) is 2.70. The van der Waals surface area contributed by atoms with Gasteiger partial charge in [-0.1, -0.05) is 6.58 Å². The van der Waals surface area contributed by atoms with E-state index in [1.54, 1.807) is 44.3 Å². The van der Waals surface area contributed by atoms with Crippen LogP contribution in [0.4, 0.5) is 11.4 Å². The van der Waals surface area contributed by atoms with Crippen molar-refractivity contribution in [3.8, 4) is 0 Å². The van der Waals surface area contributed by atoms with E-state index < -0.39 is 0 Å². The quantitative estimate of drug-likeness (QED) is 0.848. The van der Waals surface area contributed by atoms with Crippen molar-refractivity contribution in [1.82, 2.24) is 4.98 Å². The number of likely N-dealkylation sites (N-methyl/N-ethyl adjacent to an activating group) is 1. The number of hydrogen-bond acceptors (Lipinski definition) is 3. The number of benzene rings is 1. The first-order valence-corrected chi connectivity index (χ1v) is 6.93. The van der Waals surface area contributed by atoms with Crippen molar-refractivity contribution < 1.29 is 9.59 Å². The number of carbonyl (C=O) groups is 2. The summed E-state index contributed by atoms with van der Waals surface area (Å²) < 4.78 is 0. The highest BCUT2D eigenvalue weighted by atomic mass is 16.2. The molecule has 0 fully saturated rings. The van der Waals surface area contributed by atoms with Gasteiger partial charge in [0.05, 0.1) is 5.69 Å². The number of rotatable bonds is 4. The van der Waals surface area contributed by atoms with E-state index in [1.165, 1.54) is 17.2 Å². The Morgan fingerprint density at radius 2 is 1.91 bits per heavy atom. The van der Waals surface area contributed by atoms with Crippen LogP contribution < -0.4 is 15.8 Å². The van der Waals surface area contributed by atoms with Crippen LogP contribution in [-0.4, -0.2) is 23.8 Å². The molecule has 0 aliphatic rings. The third-order valence-electron chi connectivity index (χ3n) is 3.37. The molecule has 0 saturated carbocycles. The maximum absolute atomic E-state index is 12.2. The Morgan fingerprint density at radius 3 is 2.48 bits per heavy atom. The number of aromatic amines is 1. The molecule has 118 valence electrons. The lowest BCUT2D eigenvalue weighted by molar-refractivity contribution is -0.113. The monoisotopic (exact) mass is 311 g/mol. The maximum atomic E-state index is 12.2. The molecule has 6 nitrogen and oxygen atoms in total. The molecule has 0 aliphatic heterocycles. The fourth-order valence-electron chi connectivity index (χ4n) is 1.97. The number of amides is 2. The SMILES string of the molecule is C=CC(=O)N(C)c1ccc(C(=O)Nc2c[nH]c(=O)c(C)c2)cc1. The molecule has 0 atom stereocenters. The summed E-state index contributed by atoms with van der Waals surface area (Å²) in [5.41, 5.74) is 1.93. The van der Waals surface area contributed by atoms with Gasteiger partial charge in [-0.15, -0.1) is 0 Å². The number of nitrogens with zero attached hydrogens (tertiary/aromatic N) is 1. The second kappa shape index (κ2) is 6.74. The normalized spacial score (nSPS) is 10.0. The van der Waals surface area contributed by atoms with Gasteiger partial charge < -0.3 is 15.2 Å². The van der Waals surface area contributed by atoms with Gasteiger partial charge in [0.15, 0.2) is 0 Å². The zero-order valence-corrected chi connectivity index (χ0v) is 12.9. The number of aryl methyl sites for hydroxylation is 1. The van der Waals surface area contributed by atoms with Gasteiger partial charge in [-0.3, -0.25) is 14.4 Å². The van der Waals surface area contributed by atoms with Crippen LogP contribution >= 0.6 is 0 Å². The van der Waals surface area contributed by atoms with Gasteiger partial charge in [0, 0.05) is 30.1 Å². The number of nitrogens with one attached hydrogen (secondary N) is 2. The van der Waals surface area contributed by atoms with Crippen LogP contribution in [0.25, 0.3) is 0 Å². The topological polar surface area (TPSA) is 82.3 Å². The fraction of sp³-hybridized carbons (Fsp3) is 0.118. The van der Waals surface area contributed by atoms with E-state index >= 15 is 0 Å². The Morgan fingerprint density at radius 1 is 1.26 bits per heavy atom. The Kier molecular flexibility index (Phi) is 4.75. The molecule has 1 aromatic carbocycles. The minimum atomic E-state index is -0.305. The summed E-state index contributed by atoms with van der Waals surface area (Å²) in [4.78, 5) is 39.0. The Labute approximate surface area is 133 Å². The highest BCUT2D eigenvalue weighted by Gasteiger charge is 2.10. The molecule has 1 aromatic heterocycles. The van der Waals surface area contributed by atoms with Crippen molar-refractivity contribution in [2.24, 2.45) is 0 Å². The lowest BCUT2D eigenvalue weighted by atomic mass is 10.1. The molecule has 0 saturated heterocycles. The highest BCUT2D eigenvalue weighted by molar-refractivity contribution is 6.05. The van der Waals surface area contributed by atoms with Gasteiger partial charge in [-0.25, -0.2) is 0 Å². The van der Waals surface area contributed by atoms with E-state index in [-0.39, 0.29) is 17.4 Å². The maximum Gasteiger partial charge on any atom is 0.255 e. The molecular weight excluding hydrogens is 294 g/mol. The molecule has 2 amide bonds. The molecule has 0 aliphatic carbocycles. The van der Waals surface area contributed by atoms with E-state index in [9.17, 15) is 14.4 Å². The predicted molar refractivity (Wildman–Crippen MR) is 89.8 cm³/mol. The first-order valence-electron chi connectivity index (χ1n) is 6.93. The molecule has 2 rings (SSSR count). The summed E-state index contributed by atoms with van der Waals surface area (Å²) in [6.45, 7) is 5.09. The standard InChI is InChI=1S/C17H17N3O3/c1-4-15(21)20(3)14-7-5-12(6-8-14)17(23)19-13-9-11(2)16(22)18-10-13/h4-10H,1H2,2-3H3,(H,18,22)(H,19,23). The molecule has 0 radical (unpaired) electrons. The Hall–Kier alpha value is -3.15. The minimum Gasteiger partial charge on any atom is -0.327 e. The Bertz CT molecular complexity index is 807. The number of anilines is 2. The molecular formula is C17H17N3O3. The van der Waals surface area contributed by atoms with Crippen molar-refractivity contribution in [1.29, 1.82) is 0 Å². The summed E-state index contributed by atoms with van der Waals surface area (Å²) in [6, 6.07) is 8.19. The second-order valence-electron chi connectivity index (χ2n) is 5.00. The summed E-state index contributed by atoms with van der Waals surface area (Å²) in [7, 11) is 1.63. The number of carbonyl (C=O) groups excluding carboxylic acids is 2. The minimum absolute atomic E-state index is 0.192. The summed E-state index contributed by atoms with van der Waals surface area (Å²) in [5.74, 6) is -0.536. The molecule has 0 spiro atoms. The van der Waals surface area contributed by atoms with Gasteiger partial charge >= 0.3 is 0 Å². The summed E-state index contributed by atoms with van der Waals surface area (Å²) in [6.07, 6.45) is 2.66. The van der Waals surface area contributed by atoms with E-state index in [2.05, 4.69) is 16.9 Å². The zero-order chi connectivity index (χ0) is 17.0. The smallest absolute Gasteiger partial charge is 0.255 e. The predicted octanol–water partition coefficient (Wildman–Crippen LogP) is 2.08. The van der Waals surface area contributed by atoms with E-state index in [4.69, 9.17) is 0 Å². The van der Waals surface area contributed by atoms with E-state index in [0.29, 0.717) is 22.5 Å². The van der Waals surface area contributed by atoms with Crippen LogP contribution in [-0.2, 0) is 4.79 Å². The number of aromatic nitrogens is 1. The van der Waals surface area contributed by atoms with Gasteiger partial charge in [-0.2, -0.15) is 0 Å². The zero-order valence-electron chi connectivity index (χ0n) is 12.9. The van der Waals surface area contributed by atoms with Crippen LogP contribution in [0.5, 0.6) is 0 Å². The number of hydrogen-bond donors (Lipinski definition) is 2. The largest absolute Gasteiger partial charge is 0.327 e. The van der Waals surface area contributed by atoms with Crippen LogP contribution in [0, 0.1) is 6.92 Å². The first-order chi connectivity index (χ1) is 10.9. The summed E-state index contributed by atoms with van der Waals surface area (Å²) >= 11 is 0. The van der Waals surface area contributed by atoms with Crippen LogP contribution in [0.2, 0.25) is 0 Å². The van der Waals surface area contributed by atoms with Crippen molar-refractivity contribution in [2.45, 2.75) is 6.92 Å². The molecule has 0 bridgehead atoms. The Balaban J connectivity index is 2.14. The van der Waals surface area contributed by atoms with Crippen molar-refractivity contribution >= 4 is 23.2 Å². The van der Waals surface area contributed by atoms with Crippen LogP contribution in [0.15, 0.2) is 54.0 Å². The molecule has 0 unspecified atom stereocenters. The first kappa shape index (κ1) is 16.2. The second-order valence-corrected chi connectivity index (χ2v) is 5.00. The highest BCUT2D eigenvalue weighted by Crippen LogP contribution is 2.15. The molecule has 1 heterocycles. The van der Waals surface area contributed by atoms with Gasteiger partial charge in [0.2, 0.25) is 5.91 Å². The fourth-order valence-corrected chi connectivity index (χ4v) is 1.97. The molecule has 23 heavy (non-hydrogen) atoms. The number of pyridine rings is 1. The van der Waals surface area contributed by atoms with Crippen LogP contribution in [0.3, 0.4) is 0 Å². The van der Waals surface area contributed by atoms with E-state index in [1.807, 2.05) is 0 Å². The number of H-pyrrole nitrogens is 1. The molecule has 2 aromatic rings. The van der Waals surface area contributed by atoms with Gasteiger partial charge in [-0.05, 0) is 43.3 Å². The van der Waals surface area contributed by atoms with E-state index in [0.717, 1.165) is 0 Å². The van der Waals surface area contributed by atoms with Crippen molar-refractivity contribution in [3.05, 3.63) is 70.7 Å². The average Bonchev–Trinajstić information content (AvgIpc) is 2.57. The third-order valence-corrected chi connectivity index (χ3v) is 3.37. The average molecular weight is 311 g/mol. The lowest BCUT2D eigenvalue weighted by Gasteiger charge is -2.15. The third kappa shape index (κ3) is 3.74. The van der Waals surface area contributed by atoms with Gasteiger partial charge in [0.25, 0.3) is 11.5 Å².